The van der Waals surface area contributed by atoms with Crippen LogP contribution in [0.5, 0.6) is 0 Å². The maximum atomic E-state index is 13.6. The third kappa shape index (κ3) is 4.59. The van der Waals surface area contributed by atoms with Crippen molar-refractivity contribution >= 4 is 0 Å². The molecule has 0 saturated heterocycles. The van der Waals surface area contributed by atoms with Gasteiger partial charge >= 0.3 is 0 Å². The van der Waals surface area contributed by atoms with Gasteiger partial charge in [-0.3, -0.25) is 0 Å². The Morgan fingerprint density at radius 2 is 2.10 bits per heavy atom. The lowest BCUT2D eigenvalue weighted by Crippen LogP contribution is -2.24. The molecule has 108 valence electrons. The second kappa shape index (κ2) is 7.98. The molecule has 1 aliphatic rings. The predicted octanol–water partition coefficient (Wildman–Crippen LogP) is 3.14. The number of benzene rings is 1. The molecule has 0 aromatic heterocycles. The van der Waals surface area contributed by atoms with E-state index in [1.807, 2.05) is 6.07 Å². The lowest BCUT2D eigenvalue weighted by molar-refractivity contribution is 0.0302. The third-order valence-corrected chi connectivity index (χ3v) is 3.68. The molecule has 1 saturated carbocycles. The summed E-state index contributed by atoms with van der Waals surface area (Å²) < 4.78 is 19.4. The molecule has 1 N–H and O–H groups in total. The third-order valence-electron chi connectivity index (χ3n) is 3.68. The van der Waals surface area contributed by atoms with E-state index in [9.17, 15) is 4.39 Å². The van der Waals surface area contributed by atoms with Crippen molar-refractivity contribution in [1.29, 1.82) is 5.26 Å². The van der Waals surface area contributed by atoms with Gasteiger partial charge in [-0.1, -0.05) is 25.3 Å². The first kappa shape index (κ1) is 15.0. The molecule has 0 aliphatic heterocycles. The van der Waals surface area contributed by atoms with Crippen LogP contribution in [0.15, 0.2) is 18.2 Å². The fourth-order valence-electron chi connectivity index (χ4n) is 2.51. The summed E-state index contributed by atoms with van der Waals surface area (Å²) in [5, 5.41) is 11.8. The molecule has 20 heavy (non-hydrogen) atoms. The Kier molecular flexibility index (Phi) is 5.97. The summed E-state index contributed by atoms with van der Waals surface area (Å²) >= 11 is 0. The first-order valence-corrected chi connectivity index (χ1v) is 7.30. The fourth-order valence-corrected chi connectivity index (χ4v) is 2.51. The Hall–Kier alpha value is -1.44. The van der Waals surface area contributed by atoms with E-state index < -0.39 is 0 Å². The minimum Gasteiger partial charge on any atom is -0.377 e. The summed E-state index contributed by atoms with van der Waals surface area (Å²) in [4.78, 5) is 0. The van der Waals surface area contributed by atoms with Crippen LogP contribution in [0.4, 0.5) is 4.39 Å². The molecular formula is C16H21FN2O. The molecule has 0 bridgehead atoms. The highest BCUT2D eigenvalue weighted by atomic mass is 19.1. The second-order valence-electron chi connectivity index (χ2n) is 5.23. The highest BCUT2D eigenvalue weighted by Gasteiger charge is 2.12. The Bertz CT molecular complexity index is 464. The van der Waals surface area contributed by atoms with E-state index in [4.69, 9.17) is 10.00 Å². The Morgan fingerprint density at radius 3 is 2.80 bits per heavy atom. The smallest absolute Gasteiger partial charge is 0.129 e. The number of hydrogen-bond donors (Lipinski definition) is 1. The zero-order chi connectivity index (χ0) is 14.2. The van der Waals surface area contributed by atoms with Crippen molar-refractivity contribution in [2.75, 3.05) is 13.2 Å². The van der Waals surface area contributed by atoms with Crippen LogP contribution in [0.25, 0.3) is 0 Å². The van der Waals surface area contributed by atoms with Crippen LogP contribution in [0, 0.1) is 17.1 Å². The minimum atomic E-state index is -0.329. The average Bonchev–Trinajstić information content (AvgIpc) is 2.49. The monoisotopic (exact) mass is 276 g/mol. The van der Waals surface area contributed by atoms with Crippen LogP contribution < -0.4 is 5.32 Å². The highest BCUT2D eigenvalue weighted by molar-refractivity contribution is 5.32. The zero-order valence-electron chi connectivity index (χ0n) is 11.7. The first-order valence-electron chi connectivity index (χ1n) is 7.30. The summed E-state index contributed by atoms with van der Waals surface area (Å²) in [6.07, 6.45) is 6.63. The van der Waals surface area contributed by atoms with Crippen molar-refractivity contribution in [1.82, 2.24) is 5.32 Å². The number of hydrogen-bond acceptors (Lipinski definition) is 3. The van der Waals surface area contributed by atoms with Gasteiger partial charge < -0.3 is 10.1 Å². The van der Waals surface area contributed by atoms with Gasteiger partial charge in [-0.05, 0) is 25.0 Å². The Labute approximate surface area is 119 Å². The zero-order valence-corrected chi connectivity index (χ0v) is 11.7. The lowest BCUT2D eigenvalue weighted by Gasteiger charge is -2.22. The van der Waals surface area contributed by atoms with Crippen LogP contribution in [-0.4, -0.2) is 19.3 Å². The van der Waals surface area contributed by atoms with Gasteiger partial charge in [0.25, 0.3) is 0 Å². The normalized spacial score (nSPS) is 16.0. The van der Waals surface area contributed by atoms with Crippen molar-refractivity contribution in [3.8, 4) is 6.07 Å². The maximum absolute atomic E-state index is 13.6. The Morgan fingerprint density at radius 1 is 1.30 bits per heavy atom. The van der Waals surface area contributed by atoms with E-state index in [2.05, 4.69) is 5.32 Å². The van der Waals surface area contributed by atoms with Crippen LogP contribution in [-0.2, 0) is 11.3 Å². The molecule has 4 heteroatoms. The molecule has 1 aromatic carbocycles. The number of rotatable bonds is 6. The molecule has 2 rings (SSSR count). The quantitative estimate of drug-likeness (QED) is 0.812. The van der Waals surface area contributed by atoms with E-state index >= 15 is 0 Å². The van der Waals surface area contributed by atoms with Gasteiger partial charge in [0, 0.05) is 18.7 Å². The summed E-state index contributed by atoms with van der Waals surface area (Å²) in [6.45, 7) is 1.85. The van der Waals surface area contributed by atoms with Crippen molar-refractivity contribution in [2.24, 2.45) is 0 Å². The molecule has 3 nitrogen and oxygen atoms in total. The SMILES string of the molecule is N#Cc1ccc(CNCCOC2CCCCC2)c(F)c1. The number of nitrogens with zero attached hydrogens (tertiary/aromatic N) is 1. The summed E-state index contributed by atoms with van der Waals surface area (Å²) in [6, 6.07) is 6.49. The molecule has 0 radical (unpaired) electrons. The van der Waals surface area contributed by atoms with E-state index in [1.54, 1.807) is 12.1 Å². The minimum absolute atomic E-state index is 0.329. The van der Waals surface area contributed by atoms with Crippen LogP contribution in [0.1, 0.15) is 43.2 Å². The molecule has 1 aromatic rings. The van der Waals surface area contributed by atoms with E-state index in [-0.39, 0.29) is 5.82 Å². The molecule has 0 unspecified atom stereocenters. The van der Waals surface area contributed by atoms with Gasteiger partial charge in [0.05, 0.1) is 24.3 Å². The molecule has 1 aliphatic carbocycles. The van der Waals surface area contributed by atoms with Crippen LogP contribution in [0.2, 0.25) is 0 Å². The summed E-state index contributed by atoms with van der Waals surface area (Å²) in [5.74, 6) is -0.329. The van der Waals surface area contributed by atoms with Crippen LogP contribution >= 0.6 is 0 Å². The summed E-state index contributed by atoms with van der Waals surface area (Å²) in [5.41, 5.74) is 0.938. The van der Waals surface area contributed by atoms with E-state index in [1.165, 1.54) is 38.2 Å². The molecule has 0 heterocycles. The fraction of sp³-hybridized carbons (Fsp3) is 0.562. The second-order valence-corrected chi connectivity index (χ2v) is 5.23. The van der Waals surface area contributed by atoms with Gasteiger partial charge in [-0.25, -0.2) is 4.39 Å². The predicted molar refractivity (Wildman–Crippen MR) is 75.6 cm³/mol. The lowest BCUT2D eigenvalue weighted by atomic mass is 9.98. The van der Waals surface area contributed by atoms with Gasteiger partial charge in [0.2, 0.25) is 0 Å². The van der Waals surface area contributed by atoms with Crippen LogP contribution in [0.3, 0.4) is 0 Å². The van der Waals surface area contributed by atoms with E-state index in [0.717, 1.165) is 6.54 Å². The maximum Gasteiger partial charge on any atom is 0.129 e. The molecule has 0 amide bonds. The number of ether oxygens (including phenoxy) is 1. The van der Waals surface area contributed by atoms with Crippen molar-refractivity contribution in [3.63, 3.8) is 0 Å². The number of nitrogens with one attached hydrogen (secondary N) is 1. The molecule has 0 atom stereocenters. The van der Waals surface area contributed by atoms with Crippen molar-refractivity contribution < 1.29 is 9.13 Å². The number of halogens is 1. The molecule has 1 fully saturated rings. The first-order chi connectivity index (χ1) is 9.79. The van der Waals surface area contributed by atoms with Gasteiger partial charge in [-0.15, -0.1) is 0 Å². The highest BCUT2D eigenvalue weighted by Crippen LogP contribution is 2.19. The molecular weight excluding hydrogens is 255 g/mol. The largest absolute Gasteiger partial charge is 0.377 e. The van der Waals surface area contributed by atoms with Gasteiger partial charge in [0.15, 0.2) is 0 Å². The molecule has 0 spiro atoms. The standard InChI is InChI=1S/C16H21FN2O/c17-16-10-13(11-18)6-7-14(16)12-19-8-9-20-15-4-2-1-3-5-15/h6-7,10,15,19H,1-5,8-9,12H2. The summed E-state index contributed by atoms with van der Waals surface area (Å²) in [7, 11) is 0. The van der Waals surface area contributed by atoms with Crippen molar-refractivity contribution in [3.05, 3.63) is 35.1 Å². The topological polar surface area (TPSA) is 45.0 Å². The van der Waals surface area contributed by atoms with Gasteiger partial charge in [0.1, 0.15) is 5.82 Å². The average molecular weight is 276 g/mol. The Balaban J connectivity index is 1.64. The number of nitriles is 1. The van der Waals surface area contributed by atoms with Gasteiger partial charge in [-0.2, -0.15) is 5.26 Å². The van der Waals surface area contributed by atoms with Crippen molar-refractivity contribution in [2.45, 2.75) is 44.8 Å². The van der Waals surface area contributed by atoms with E-state index in [0.29, 0.717) is 30.4 Å².